The van der Waals surface area contributed by atoms with Crippen molar-refractivity contribution in [3.8, 4) is 0 Å². The van der Waals surface area contributed by atoms with Gasteiger partial charge < -0.3 is 5.11 Å². The maximum Gasteiger partial charge on any atom is 0.337 e. The van der Waals surface area contributed by atoms with Crippen molar-refractivity contribution >= 4 is 5.97 Å². The third kappa shape index (κ3) is 4.06. The number of aromatic carboxylic acids is 1. The molecular weight excluding hydrogens is 250 g/mol. The first-order valence-electron chi connectivity index (χ1n) is 7.91. The van der Waals surface area contributed by atoms with Crippen LogP contribution in [0.2, 0.25) is 0 Å². The summed E-state index contributed by atoms with van der Waals surface area (Å²) in [4.78, 5) is 15.8. The molecule has 0 atom stereocenters. The molecule has 1 aliphatic carbocycles. The largest absolute Gasteiger partial charge is 0.478 e. The Bertz CT molecular complexity index is 468. The Hall–Kier alpha value is -1.38. The maximum absolute atomic E-state index is 11.2. The van der Waals surface area contributed by atoms with Gasteiger partial charge in [-0.1, -0.05) is 38.5 Å². The highest BCUT2D eigenvalue weighted by Gasteiger charge is 2.14. The molecule has 0 aliphatic heterocycles. The highest BCUT2D eigenvalue weighted by Crippen LogP contribution is 2.20. The Labute approximate surface area is 121 Å². The van der Waals surface area contributed by atoms with E-state index in [4.69, 9.17) is 0 Å². The lowest BCUT2D eigenvalue weighted by Crippen LogP contribution is -2.08. The zero-order chi connectivity index (χ0) is 14.4. The Morgan fingerprint density at radius 2 is 1.55 bits per heavy atom. The van der Waals surface area contributed by atoms with E-state index >= 15 is 0 Å². The zero-order valence-corrected chi connectivity index (χ0v) is 12.5. The van der Waals surface area contributed by atoms with E-state index in [-0.39, 0.29) is 0 Å². The van der Waals surface area contributed by atoms with Gasteiger partial charge in [0.2, 0.25) is 0 Å². The Kier molecular flexibility index (Phi) is 5.57. The number of aryl methyl sites for hydroxylation is 3. The quantitative estimate of drug-likeness (QED) is 0.831. The summed E-state index contributed by atoms with van der Waals surface area (Å²) in [6.07, 6.45) is 12.1. The number of carboxylic acid groups (broad SMARTS) is 1. The molecule has 0 aromatic carbocycles. The van der Waals surface area contributed by atoms with Crippen LogP contribution in [0.3, 0.4) is 0 Å². The minimum absolute atomic E-state index is 0.371. The van der Waals surface area contributed by atoms with Crippen LogP contribution in [0.5, 0.6) is 0 Å². The van der Waals surface area contributed by atoms with Gasteiger partial charge in [0, 0.05) is 5.69 Å². The fraction of sp³-hybridized carbons (Fsp3) is 0.647. The SMILES string of the molecule is Cc1nc2c(cc1C(=O)O)CCCCCCCCCC2. The van der Waals surface area contributed by atoms with Crippen molar-refractivity contribution in [1.82, 2.24) is 4.98 Å². The summed E-state index contributed by atoms with van der Waals surface area (Å²) in [7, 11) is 0. The molecule has 110 valence electrons. The molecule has 0 saturated carbocycles. The number of hydrogen-bond donors (Lipinski definition) is 1. The highest BCUT2D eigenvalue weighted by molar-refractivity contribution is 5.89. The Balaban J connectivity index is 2.22. The number of rotatable bonds is 1. The third-order valence-electron chi connectivity index (χ3n) is 4.22. The van der Waals surface area contributed by atoms with Crippen LogP contribution in [0.15, 0.2) is 6.07 Å². The van der Waals surface area contributed by atoms with Crippen LogP contribution in [0.1, 0.15) is 78.7 Å². The van der Waals surface area contributed by atoms with Gasteiger partial charge in [-0.25, -0.2) is 4.79 Å². The van der Waals surface area contributed by atoms with Crippen molar-refractivity contribution in [2.75, 3.05) is 0 Å². The molecule has 1 aliphatic rings. The van der Waals surface area contributed by atoms with Crippen molar-refractivity contribution in [1.29, 1.82) is 0 Å². The zero-order valence-electron chi connectivity index (χ0n) is 12.5. The predicted octanol–water partition coefficient (Wildman–Crippen LogP) is 4.31. The van der Waals surface area contributed by atoms with Crippen molar-refractivity contribution in [3.05, 3.63) is 28.6 Å². The van der Waals surface area contributed by atoms with E-state index in [0.29, 0.717) is 11.3 Å². The lowest BCUT2D eigenvalue weighted by molar-refractivity contribution is 0.0695. The molecule has 0 bridgehead atoms. The molecule has 0 radical (unpaired) electrons. The van der Waals surface area contributed by atoms with Crippen LogP contribution in [0, 0.1) is 6.92 Å². The summed E-state index contributed by atoms with van der Waals surface area (Å²) in [5, 5.41) is 9.24. The molecule has 0 saturated heterocycles. The molecule has 1 heterocycles. The van der Waals surface area contributed by atoms with Gasteiger partial charge in [-0.3, -0.25) is 4.98 Å². The fourth-order valence-corrected chi connectivity index (χ4v) is 3.01. The van der Waals surface area contributed by atoms with Crippen LogP contribution < -0.4 is 0 Å². The number of aromatic nitrogens is 1. The van der Waals surface area contributed by atoms with Gasteiger partial charge in [0.05, 0.1) is 11.3 Å². The predicted molar refractivity (Wildman–Crippen MR) is 80.3 cm³/mol. The second-order valence-corrected chi connectivity index (χ2v) is 5.86. The first kappa shape index (κ1) is 15.0. The summed E-state index contributed by atoms with van der Waals surface area (Å²) in [6, 6.07) is 1.87. The molecule has 20 heavy (non-hydrogen) atoms. The van der Waals surface area contributed by atoms with E-state index in [0.717, 1.165) is 30.5 Å². The van der Waals surface area contributed by atoms with Gasteiger partial charge in [0.1, 0.15) is 0 Å². The Morgan fingerprint density at radius 1 is 1.00 bits per heavy atom. The smallest absolute Gasteiger partial charge is 0.337 e. The Morgan fingerprint density at radius 3 is 2.15 bits per heavy atom. The minimum atomic E-state index is -0.857. The number of carboxylic acids is 1. The average Bonchev–Trinajstić information content (AvgIpc) is 2.40. The summed E-state index contributed by atoms with van der Waals surface area (Å²) in [6.45, 7) is 1.81. The van der Waals surface area contributed by atoms with Crippen LogP contribution in [0.4, 0.5) is 0 Å². The van der Waals surface area contributed by atoms with Crippen LogP contribution in [-0.2, 0) is 12.8 Å². The molecule has 1 aromatic rings. The topological polar surface area (TPSA) is 50.2 Å². The first-order chi connectivity index (χ1) is 9.68. The number of nitrogens with zero attached hydrogens (tertiary/aromatic N) is 1. The van der Waals surface area contributed by atoms with Crippen molar-refractivity contribution in [2.24, 2.45) is 0 Å². The molecule has 0 amide bonds. The maximum atomic E-state index is 11.2. The average molecular weight is 275 g/mol. The van der Waals surface area contributed by atoms with E-state index in [1.165, 1.54) is 44.9 Å². The van der Waals surface area contributed by atoms with Gasteiger partial charge in [-0.15, -0.1) is 0 Å². The second-order valence-electron chi connectivity index (χ2n) is 5.86. The highest BCUT2D eigenvalue weighted by atomic mass is 16.4. The summed E-state index contributed by atoms with van der Waals surface area (Å²) < 4.78 is 0. The van der Waals surface area contributed by atoms with Gasteiger partial charge in [0.25, 0.3) is 0 Å². The van der Waals surface area contributed by atoms with E-state index < -0.39 is 5.97 Å². The molecular formula is C17H25NO2. The lowest BCUT2D eigenvalue weighted by Gasteiger charge is -2.13. The number of fused-ring (bicyclic) bond motifs is 1. The van der Waals surface area contributed by atoms with Crippen LogP contribution in [-0.4, -0.2) is 16.1 Å². The van der Waals surface area contributed by atoms with Crippen LogP contribution >= 0.6 is 0 Å². The van der Waals surface area contributed by atoms with Crippen molar-refractivity contribution < 1.29 is 9.90 Å². The van der Waals surface area contributed by atoms with Crippen LogP contribution in [0.25, 0.3) is 0 Å². The van der Waals surface area contributed by atoms with Crippen molar-refractivity contribution in [3.63, 3.8) is 0 Å². The lowest BCUT2D eigenvalue weighted by atomic mass is 9.96. The van der Waals surface area contributed by atoms with Crippen molar-refractivity contribution in [2.45, 2.75) is 71.1 Å². The van der Waals surface area contributed by atoms with E-state index in [2.05, 4.69) is 4.98 Å². The molecule has 2 rings (SSSR count). The minimum Gasteiger partial charge on any atom is -0.478 e. The number of hydrogen-bond acceptors (Lipinski definition) is 2. The molecule has 0 spiro atoms. The van der Waals surface area contributed by atoms with Gasteiger partial charge in [0.15, 0.2) is 0 Å². The number of pyridine rings is 1. The molecule has 3 heteroatoms. The van der Waals surface area contributed by atoms with E-state index in [9.17, 15) is 9.90 Å². The van der Waals surface area contributed by atoms with Gasteiger partial charge in [-0.2, -0.15) is 0 Å². The molecule has 0 unspecified atom stereocenters. The van der Waals surface area contributed by atoms with E-state index in [1.807, 2.05) is 6.07 Å². The first-order valence-corrected chi connectivity index (χ1v) is 7.91. The molecule has 0 fully saturated rings. The molecule has 1 N–H and O–H groups in total. The molecule has 1 aromatic heterocycles. The second kappa shape index (κ2) is 7.41. The summed E-state index contributed by atoms with van der Waals surface area (Å²) in [5.41, 5.74) is 3.32. The monoisotopic (exact) mass is 275 g/mol. The van der Waals surface area contributed by atoms with Gasteiger partial charge >= 0.3 is 5.97 Å². The standard InChI is InChI=1S/C17H25NO2/c1-13-15(17(19)20)12-14-10-8-6-4-2-3-5-7-9-11-16(14)18-13/h12H,2-11H2,1H3,(H,19,20). The third-order valence-corrected chi connectivity index (χ3v) is 4.22. The normalized spacial score (nSPS) is 17.6. The summed E-state index contributed by atoms with van der Waals surface area (Å²) >= 11 is 0. The van der Waals surface area contributed by atoms with E-state index in [1.54, 1.807) is 6.92 Å². The number of carbonyl (C=O) groups is 1. The van der Waals surface area contributed by atoms with Gasteiger partial charge in [-0.05, 0) is 44.2 Å². The summed E-state index contributed by atoms with van der Waals surface area (Å²) in [5.74, 6) is -0.857. The molecule has 3 nitrogen and oxygen atoms in total. The fourth-order valence-electron chi connectivity index (χ4n) is 3.01.